The molecule has 4 rings (SSSR count). The second-order valence-corrected chi connectivity index (χ2v) is 6.92. The Bertz CT molecular complexity index is 1030. The molecule has 1 aliphatic rings. The number of carbonyl (C=O) groups excluding carboxylic acids is 1. The van der Waals surface area contributed by atoms with E-state index in [2.05, 4.69) is 15.3 Å². The van der Waals surface area contributed by atoms with Gasteiger partial charge in [0.1, 0.15) is 6.54 Å². The van der Waals surface area contributed by atoms with Crippen molar-refractivity contribution in [1.82, 2.24) is 19.9 Å². The summed E-state index contributed by atoms with van der Waals surface area (Å²) in [6.45, 7) is -0.0978. The molecule has 1 amide bonds. The maximum absolute atomic E-state index is 12.6. The number of pyridine rings is 1. The number of nitrogens with zero attached hydrogens (tertiary/aromatic N) is 3. The lowest BCUT2D eigenvalue weighted by Crippen LogP contribution is -2.43. The summed E-state index contributed by atoms with van der Waals surface area (Å²) in [4.78, 5) is 32.4. The Morgan fingerprint density at radius 2 is 2.07 bits per heavy atom. The number of nitrogens with one attached hydrogen (secondary N) is 1. The average molecular weight is 364 g/mol. The van der Waals surface area contributed by atoms with E-state index in [4.69, 9.17) is 0 Å². The summed E-state index contributed by atoms with van der Waals surface area (Å²) in [7, 11) is 0. The number of amides is 1. The standard InChI is InChI=1S/C20H20N4O3/c25-16-9-14(10-16)19(15-8-13-4-1-2-5-17(13)22-11-15)23-18(26)12-24-7-3-6-21-20(24)27/h1-8,11,14,16,19,25H,9-10,12H2,(H,23,26)/t14?,16?,19-/m0/s1. The van der Waals surface area contributed by atoms with Crippen molar-refractivity contribution in [2.75, 3.05) is 0 Å². The fourth-order valence-electron chi connectivity index (χ4n) is 3.51. The van der Waals surface area contributed by atoms with Crippen LogP contribution >= 0.6 is 0 Å². The predicted octanol–water partition coefficient (Wildman–Crippen LogP) is 1.42. The predicted molar refractivity (Wildman–Crippen MR) is 99.9 cm³/mol. The number of fused-ring (bicyclic) bond motifs is 1. The number of rotatable bonds is 5. The Morgan fingerprint density at radius 1 is 1.26 bits per heavy atom. The van der Waals surface area contributed by atoms with Crippen LogP contribution in [0.5, 0.6) is 0 Å². The zero-order valence-corrected chi connectivity index (χ0v) is 14.7. The zero-order valence-electron chi connectivity index (χ0n) is 14.7. The number of aliphatic hydroxyl groups is 1. The quantitative estimate of drug-likeness (QED) is 0.714. The Morgan fingerprint density at radius 3 is 2.85 bits per heavy atom. The first-order valence-corrected chi connectivity index (χ1v) is 8.94. The van der Waals surface area contributed by atoms with Crippen molar-refractivity contribution >= 4 is 16.8 Å². The van der Waals surface area contributed by atoms with E-state index in [1.807, 2.05) is 30.3 Å². The monoisotopic (exact) mass is 364 g/mol. The van der Waals surface area contributed by atoms with Crippen molar-refractivity contribution in [2.24, 2.45) is 5.92 Å². The Kier molecular flexibility index (Phi) is 4.68. The van der Waals surface area contributed by atoms with E-state index in [0.29, 0.717) is 12.8 Å². The molecule has 1 atom stereocenters. The summed E-state index contributed by atoms with van der Waals surface area (Å²) in [5, 5.41) is 13.7. The second-order valence-electron chi connectivity index (χ2n) is 6.92. The number of benzene rings is 1. The highest BCUT2D eigenvalue weighted by molar-refractivity contribution is 5.79. The second kappa shape index (κ2) is 7.28. The van der Waals surface area contributed by atoms with E-state index < -0.39 is 5.69 Å². The van der Waals surface area contributed by atoms with Crippen LogP contribution in [0.3, 0.4) is 0 Å². The van der Waals surface area contributed by atoms with Gasteiger partial charge in [-0.1, -0.05) is 18.2 Å². The number of aliphatic hydroxyl groups excluding tert-OH is 1. The highest BCUT2D eigenvalue weighted by Crippen LogP contribution is 2.38. The van der Waals surface area contributed by atoms with Gasteiger partial charge in [0.2, 0.25) is 5.91 Å². The summed E-state index contributed by atoms with van der Waals surface area (Å²) in [6, 6.07) is 11.2. The molecule has 138 valence electrons. The third kappa shape index (κ3) is 3.73. The highest BCUT2D eigenvalue weighted by Gasteiger charge is 2.36. The smallest absolute Gasteiger partial charge is 0.347 e. The molecule has 1 saturated carbocycles. The van der Waals surface area contributed by atoms with Gasteiger partial charge in [-0.25, -0.2) is 9.78 Å². The summed E-state index contributed by atoms with van der Waals surface area (Å²) in [5.41, 5.74) is 1.33. The first-order chi connectivity index (χ1) is 13.1. The number of para-hydroxylation sites is 1. The van der Waals surface area contributed by atoms with Crippen LogP contribution in [0, 0.1) is 5.92 Å². The lowest BCUT2D eigenvalue weighted by atomic mass is 9.75. The van der Waals surface area contributed by atoms with Crippen LogP contribution in [0.25, 0.3) is 10.9 Å². The minimum Gasteiger partial charge on any atom is -0.393 e. The first kappa shape index (κ1) is 17.4. The molecule has 1 aromatic carbocycles. The maximum atomic E-state index is 12.6. The molecule has 0 spiro atoms. The van der Waals surface area contributed by atoms with Crippen LogP contribution in [-0.4, -0.2) is 31.7 Å². The Balaban J connectivity index is 1.58. The minimum atomic E-state index is -0.462. The molecule has 0 unspecified atom stereocenters. The third-order valence-electron chi connectivity index (χ3n) is 5.00. The molecule has 0 saturated heterocycles. The normalized spacial score (nSPS) is 20.0. The van der Waals surface area contributed by atoms with Gasteiger partial charge >= 0.3 is 5.69 Å². The zero-order chi connectivity index (χ0) is 18.8. The van der Waals surface area contributed by atoms with Crippen molar-refractivity contribution in [3.8, 4) is 0 Å². The minimum absolute atomic E-state index is 0.0978. The van der Waals surface area contributed by atoms with E-state index in [0.717, 1.165) is 16.5 Å². The number of carbonyl (C=O) groups is 1. The van der Waals surface area contributed by atoms with E-state index in [9.17, 15) is 14.7 Å². The number of hydrogen-bond acceptors (Lipinski definition) is 5. The van der Waals surface area contributed by atoms with Gasteiger partial charge in [-0.05, 0) is 42.5 Å². The highest BCUT2D eigenvalue weighted by atomic mass is 16.3. The summed E-state index contributed by atoms with van der Waals surface area (Å²) in [6.07, 6.45) is 5.64. The number of hydrogen-bond donors (Lipinski definition) is 2. The van der Waals surface area contributed by atoms with Crippen LogP contribution in [0.1, 0.15) is 24.4 Å². The van der Waals surface area contributed by atoms with Gasteiger partial charge in [-0.2, -0.15) is 0 Å². The van der Waals surface area contributed by atoms with Gasteiger partial charge in [0.25, 0.3) is 0 Å². The van der Waals surface area contributed by atoms with E-state index in [-0.39, 0.29) is 30.5 Å². The molecule has 0 bridgehead atoms. The van der Waals surface area contributed by atoms with Crippen LogP contribution in [0.15, 0.2) is 59.8 Å². The molecule has 2 N–H and O–H groups in total. The molecule has 2 aromatic heterocycles. The molecular weight excluding hydrogens is 344 g/mol. The molecule has 2 heterocycles. The van der Waals surface area contributed by atoms with E-state index in [1.54, 1.807) is 12.3 Å². The average Bonchev–Trinajstić information content (AvgIpc) is 2.65. The topological polar surface area (TPSA) is 97.1 Å². The molecule has 7 nitrogen and oxygen atoms in total. The summed E-state index contributed by atoms with van der Waals surface area (Å²) in [5.74, 6) is -0.137. The molecular formula is C20H20N4O3. The fraction of sp³-hybridized carbons (Fsp3) is 0.300. The molecule has 0 radical (unpaired) electrons. The van der Waals surface area contributed by atoms with E-state index in [1.165, 1.54) is 17.0 Å². The largest absolute Gasteiger partial charge is 0.393 e. The van der Waals surface area contributed by atoms with Crippen LogP contribution in [-0.2, 0) is 11.3 Å². The lowest BCUT2D eigenvalue weighted by Gasteiger charge is -2.38. The van der Waals surface area contributed by atoms with Gasteiger partial charge in [0.05, 0.1) is 17.7 Å². The maximum Gasteiger partial charge on any atom is 0.347 e. The van der Waals surface area contributed by atoms with Gasteiger partial charge in [0, 0.05) is 24.0 Å². The molecule has 0 aliphatic heterocycles. The summed E-state index contributed by atoms with van der Waals surface area (Å²) < 4.78 is 1.26. The third-order valence-corrected chi connectivity index (χ3v) is 5.00. The molecule has 3 aromatic rings. The van der Waals surface area contributed by atoms with Gasteiger partial charge in [-0.3, -0.25) is 14.3 Å². The van der Waals surface area contributed by atoms with Crippen molar-refractivity contribution in [3.05, 3.63) is 71.0 Å². The molecule has 27 heavy (non-hydrogen) atoms. The fourth-order valence-corrected chi connectivity index (χ4v) is 3.51. The number of aromatic nitrogens is 3. The van der Waals surface area contributed by atoms with Crippen LogP contribution in [0.4, 0.5) is 0 Å². The van der Waals surface area contributed by atoms with E-state index >= 15 is 0 Å². The summed E-state index contributed by atoms with van der Waals surface area (Å²) >= 11 is 0. The molecule has 7 heteroatoms. The first-order valence-electron chi connectivity index (χ1n) is 8.94. The van der Waals surface area contributed by atoms with Crippen molar-refractivity contribution < 1.29 is 9.90 Å². The van der Waals surface area contributed by atoms with Crippen molar-refractivity contribution in [1.29, 1.82) is 0 Å². The van der Waals surface area contributed by atoms with Crippen LogP contribution < -0.4 is 11.0 Å². The van der Waals surface area contributed by atoms with Gasteiger partial charge in [0.15, 0.2) is 0 Å². The Labute approximate surface area is 155 Å². The SMILES string of the molecule is O=C(Cn1cccnc1=O)N[C@H](c1cnc2ccccc2c1)C1CC(O)C1. The van der Waals surface area contributed by atoms with Gasteiger partial charge in [-0.15, -0.1) is 0 Å². The molecule has 1 aliphatic carbocycles. The van der Waals surface area contributed by atoms with Crippen molar-refractivity contribution in [2.45, 2.75) is 31.5 Å². The lowest BCUT2D eigenvalue weighted by molar-refractivity contribution is -0.123. The Hall–Kier alpha value is -3.06. The van der Waals surface area contributed by atoms with Crippen molar-refractivity contribution in [3.63, 3.8) is 0 Å². The van der Waals surface area contributed by atoms with Crippen LogP contribution in [0.2, 0.25) is 0 Å². The molecule has 1 fully saturated rings. The van der Waals surface area contributed by atoms with Gasteiger partial charge < -0.3 is 10.4 Å².